The second-order valence-electron chi connectivity index (χ2n) is 6.44. The minimum atomic E-state index is -0.326. The summed E-state index contributed by atoms with van der Waals surface area (Å²) >= 11 is 0. The van der Waals surface area contributed by atoms with E-state index in [9.17, 15) is 0 Å². The van der Waals surface area contributed by atoms with Crippen LogP contribution in [0, 0.1) is 5.92 Å². The van der Waals surface area contributed by atoms with E-state index in [1.807, 2.05) is 12.1 Å². The Morgan fingerprint density at radius 2 is 1.86 bits per heavy atom. The molecule has 1 fully saturated rings. The lowest BCUT2D eigenvalue weighted by Gasteiger charge is -2.34. The van der Waals surface area contributed by atoms with Crippen molar-refractivity contribution in [3.05, 3.63) is 18.0 Å². The number of aromatic nitrogens is 2. The van der Waals surface area contributed by atoms with E-state index in [1.54, 1.807) is 0 Å². The first kappa shape index (κ1) is 13.0. The number of H-pyrrole nitrogens is 1. The molecule has 112 valence electrons. The molecule has 4 rings (SSSR count). The Hall–Kier alpha value is -1.75. The molecule has 1 aromatic heterocycles. The number of aromatic amines is 1. The van der Waals surface area contributed by atoms with Crippen LogP contribution in [0.4, 0.5) is 0 Å². The maximum absolute atomic E-state index is 6.60. The van der Waals surface area contributed by atoms with Crippen molar-refractivity contribution in [2.45, 2.75) is 38.1 Å². The number of nitrogens with zero attached hydrogens (tertiary/aromatic N) is 1. The summed E-state index contributed by atoms with van der Waals surface area (Å²) in [5, 5.41) is 0. The van der Waals surface area contributed by atoms with E-state index in [2.05, 4.69) is 11.9 Å². The van der Waals surface area contributed by atoms with E-state index in [0.717, 1.165) is 60.0 Å². The van der Waals surface area contributed by atoms with E-state index >= 15 is 0 Å². The third kappa shape index (κ3) is 2.16. The average Bonchev–Trinajstić information content (AvgIpc) is 2.91. The van der Waals surface area contributed by atoms with Crippen molar-refractivity contribution in [2.75, 3.05) is 13.2 Å². The van der Waals surface area contributed by atoms with E-state index in [1.165, 1.54) is 0 Å². The lowest BCUT2D eigenvalue weighted by molar-refractivity contribution is 0.172. The smallest absolute Gasteiger partial charge is 0.163 e. The molecule has 0 saturated heterocycles. The molecule has 0 radical (unpaired) electrons. The van der Waals surface area contributed by atoms with Gasteiger partial charge in [-0.2, -0.15) is 0 Å². The Balaban J connectivity index is 1.73. The number of imidazole rings is 1. The summed E-state index contributed by atoms with van der Waals surface area (Å²) in [6.07, 6.45) is 4.30. The van der Waals surface area contributed by atoms with E-state index in [0.29, 0.717) is 13.2 Å². The zero-order chi connectivity index (χ0) is 14.4. The Kier molecular flexibility index (Phi) is 2.85. The monoisotopic (exact) mass is 287 g/mol. The third-order valence-electron chi connectivity index (χ3n) is 4.78. The van der Waals surface area contributed by atoms with Crippen LogP contribution in [0.1, 0.15) is 38.4 Å². The molecule has 1 saturated carbocycles. The summed E-state index contributed by atoms with van der Waals surface area (Å²) in [4.78, 5) is 8.12. The molecule has 0 atom stereocenters. The number of rotatable bonds is 1. The Morgan fingerprint density at radius 1 is 1.19 bits per heavy atom. The van der Waals surface area contributed by atoms with E-state index < -0.39 is 0 Å². The molecule has 0 bridgehead atoms. The Labute approximate surface area is 123 Å². The summed E-state index contributed by atoms with van der Waals surface area (Å²) in [6, 6.07) is 3.91. The van der Waals surface area contributed by atoms with Crippen molar-refractivity contribution in [2.24, 2.45) is 11.7 Å². The molecule has 0 unspecified atom stereocenters. The lowest BCUT2D eigenvalue weighted by atomic mass is 9.77. The highest BCUT2D eigenvalue weighted by atomic mass is 16.6. The van der Waals surface area contributed by atoms with Gasteiger partial charge < -0.3 is 20.2 Å². The van der Waals surface area contributed by atoms with Crippen molar-refractivity contribution in [3.63, 3.8) is 0 Å². The van der Waals surface area contributed by atoms with Gasteiger partial charge in [-0.1, -0.05) is 6.92 Å². The van der Waals surface area contributed by atoms with Gasteiger partial charge in [-0.15, -0.1) is 0 Å². The van der Waals surface area contributed by atoms with Crippen LogP contribution in [0.15, 0.2) is 12.1 Å². The SMILES string of the molecule is CC1CCC(N)(c2nc3cc4c(cc3[nH]2)OCCO4)CC1. The van der Waals surface area contributed by atoms with Gasteiger partial charge in [0, 0.05) is 12.1 Å². The van der Waals surface area contributed by atoms with E-state index in [4.69, 9.17) is 20.2 Å². The molecule has 21 heavy (non-hydrogen) atoms. The lowest BCUT2D eigenvalue weighted by Crippen LogP contribution is -2.41. The Bertz CT molecular complexity index is 628. The van der Waals surface area contributed by atoms with Gasteiger partial charge in [0.2, 0.25) is 0 Å². The molecule has 5 heteroatoms. The van der Waals surface area contributed by atoms with Gasteiger partial charge in [0.25, 0.3) is 0 Å². The highest BCUT2D eigenvalue weighted by molar-refractivity contribution is 5.80. The predicted octanol–water partition coefficient (Wildman–Crippen LogP) is 2.70. The summed E-state index contributed by atoms with van der Waals surface area (Å²) in [7, 11) is 0. The number of nitrogens with two attached hydrogens (primary N) is 1. The molecule has 1 aliphatic heterocycles. The predicted molar refractivity (Wildman–Crippen MR) is 80.6 cm³/mol. The largest absolute Gasteiger partial charge is 0.486 e. The zero-order valence-electron chi connectivity index (χ0n) is 12.3. The van der Waals surface area contributed by atoms with Crippen molar-refractivity contribution in [1.29, 1.82) is 0 Å². The second-order valence-corrected chi connectivity index (χ2v) is 6.44. The number of hydrogen-bond donors (Lipinski definition) is 2. The quantitative estimate of drug-likeness (QED) is 0.845. The standard InChI is InChI=1S/C16H21N3O2/c1-10-2-4-16(17,5-3-10)15-18-11-8-13-14(9-12(11)19-15)21-7-6-20-13/h8-10H,2-7,17H2,1H3,(H,18,19). The van der Waals surface area contributed by atoms with Crippen LogP contribution in [-0.4, -0.2) is 23.2 Å². The van der Waals surface area contributed by atoms with Crippen LogP contribution in [0.5, 0.6) is 11.5 Å². The first-order chi connectivity index (χ1) is 10.1. The van der Waals surface area contributed by atoms with Gasteiger partial charge in [-0.3, -0.25) is 0 Å². The summed E-state index contributed by atoms with van der Waals surface area (Å²) < 4.78 is 11.2. The van der Waals surface area contributed by atoms with Crippen LogP contribution in [0.3, 0.4) is 0 Å². The van der Waals surface area contributed by atoms with Crippen molar-refractivity contribution < 1.29 is 9.47 Å². The highest BCUT2D eigenvalue weighted by Gasteiger charge is 2.34. The molecular formula is C16H21N3O2. The van der Waals surface area contributed by atoms with Crippen molar-refractivity contribution >= 4 is 11.0 Å². The van der Waals surface area contributed by atoms with Crippen LogP contribution in [0.2, 0.25) is 0 Å². The summed E-state index contributed by atoms with van der Waals surface area (Å²) in [6.45, 7) is 3.48. The molecule has 1 aliphatic carbocycles. The molecular weight excluding hydrogens is 266 g/mol. The Morgan fingerprint density at radius 3 is 2.57 bits per heavy atom. The molecule has 2 heterocycles. The van der Waals surface area contributed by atoms with Gasteiger partial charge in [-0.25, -0.2) is 4.98 Å². The topological polar surface area (TPSA) is 73.2 Å². The minimum absolute atomic E-state index is 0.326. The molecule has 3 N–H and O–H groups in total. The molecule has 1 aromatic carbocycles. The number of hydrogen-bond acceptors (Lipinski definition) is 4. The average molecular weight is 287 g/mol. The van der Waals surface area contributed by atoms with Gasteiger partial charge in [0.1, 0.15) is 19.0 Å². The highest BCUT2D eigenvalue weighted by Crippen LogP contribution is 2.39. The fourth-order valence-corrected chi connectivity index (χ4v) is 3.30. The second kappa shape index (κ2) is 4.63. The molecule has 0 spiro atoms. The van der Waals surface area contributed by atoms with Crippen LogP contribution >= 0.6 is 0 Å². The summed E-state index contributed by atoms with van der Waals surface area (Å²) in [5.41, 5.74) is 8.15. The number of benzene rings is 1. The number of ether oxygens (including phenoxy) is 2. The molecule has 5 nitrogen and oxygen atoms in total. The minimum Gasteiger partial charge on any atom is -0.486 e. The van der Waals surface area contributed by atoms with Crippen LogP contribution in [-0.2, 0) is 5.54 Å². The fourth-order valence-electron chi connectivity index (χ4n) is 3.30. The van der Waals surface area contributed by atoms with Crippen LogP contribution < -0.4 is 15.2 Å². The van der Waals surface area contributed by atoms with Crippen molar-refractivity contribution in [1.82, 2.24) is 9.97 Å². The molecule has 2 aliphatic rings. The number of nitrogens with one attached hydrogen (secondary N) is 1. The fraction of sp³-hybridized carbons (Fsp3) is 0.562. The van der Waals surface area contributed by atoms with E-state index in [-0.39, 0.29) is 5.54 Å². The number of fused-ring (bicyclic) bond motifs is 2. The van der Waals surface area contributed by atoms with Crippen LogP contribution in [0.25, 0.3) is 11.0 Å². The molecule has 2 aromatic rings. The van der Waals surface area contributed by atoms with Gasteiger partial charge in [0.15, 0.2) is 11.5 Å². The zero-order valence-corrected chi connectivity index (χ0v) is 12.3. The van der Waals surface area contributed by atoms with Gasteiger partial charge >= 0.3 is 0 Å². The van der Waals surface area contributed by atoms with Gasteiger partial charge in [-0.05, 0) is 31.6 Å². The van der Waals surface area contributed by atoms with Crippen molar-refractivity contribution in [3.8, 4) is 11.5 Å². The summed E-state index contributed by atoms with van der Waals surface area (Å²) in [5.74, 6) is 3.22. The first-order valence-corrected chi connectivity index (χ1v) is 7.73. The maximum Gasteiger partial charge on any atom is 0.163 e. The maximum atomic E-state index is 6.60. The first-order valence-electron chi connectivity index (χ1n) is 7.73. The van der Waals surface area contributed by atoms with Gasteiger partial charge in [0.05, 0.1) is 16.6 Å². The normalized spacial score (nSPS) is 28.8. The third-order valence-corrected chi connectivity index (χ3v) is 4.78. The molecule has 0 amide bonds.